The predicted molar refractivity (Wildman–Crippen MR) is 84.2 cm³/mol. The van der Waals surface area contributed by atoms with Gasteiger partial charge in [-0.3, -0.25) is 4.79 Å². The highest BCUT2D eigenvalue weighted by Gasteiger charge is 2.32. The van der Waals surface area contributed by atoms with Gasteiger partial charge in [0, 0.05) is 37.2 Å². The summed E-state index contributed by atoms with van der Waals surface area (Å²) in [7, 11) is 0. The molecule has 5 nitrogen and oxygen atoms in total. The Morgan fingerprint density at radius 2 is 2.14 bits per heavy atom. The second-order valence-electron chi connectivity index (χ2n) is 5.40. The minimum absolute atomic E-state index is 0.0265. The molecule has 0 atom stereocenters. The zero-order valence-electron chi connectivity index (χ0n) is 12.2. The average Bonchev–Trinajstić information content (AvgIpc) is 3.32. The topological polar surface area (TPSA) is 64.2 Å². The number of aromatic nitrogens is 2. The predicted octanol–water partition coefficient (Wildman–Crippen LogP) is 2.01. The van der Waals surface area contributed by atoms with Crippen molar-refractivity contribution in [3.63, 3.8) is 0 Å². The van der Waals surface area contributed by atoms with Gasteiger partial charge in [0.1, 0.15) is 0 Å². The van der Waals surface area contributed by atoms with E-state index in [0.717, 1.165) is 24.1 Å². The van der Waals surface area contributed by atoms with Crippen LogP contribution in [0.1, 0.15) is 25.3 Å². The Hall–Kier alpha value is -2.30. The van der Waals surface area contributed by atoms with Gasteiger partial charge in [-0.25, -0.2) is 4.98 Å². The maximum Gasteiger partial charge on any atom is 0.293 e. The van der Waals surface area contributed by atoms with Gasteiger partial charge in [-0.05, 0) is 31.4 Å². The van der Waals surface area contributed by atoms with E-state index >= 15 is 0 Å². The van der Waals surface area contributed by atoms with E-state index in [4.69, 9.17) is 5.73 Å². The van der Waals surface area contributed by atoms with Crippen molar-refractivity contribution in [1.29, 1.82) is 0 Å². The van der Waals surface area contributed by atoms with E-state index in [0.29, 0.717) is 24.9 Å². The lowest BCUT2D eigenvalue weighted by atomic mass is 10.1. The summed E-state index contributed by atoms with van der Waals surface area (Å²) < 4.78 is 1.69. The molecule has 0 radical (unpaired) electrons. The molecule has 0 aliphatic heterocycles. The quantitative estimate of drug-likeness (QED) is 0.853. The van der Waals surface area contributed by atoms with Crippen LogP contribution >= 0.6 is 0 Å². The molecule has 21 heavy (non-hydrogen) atoms. The van der Waals surface area contributed by atoms with E-state index in [-0.39, 0.29) is 5.56 Å². The van der Waals surface area contributed by atoms with E-state index in [1.807, 2.05) is 31.2 Å². The first-order chi connectivity index (χ1) is 10.2. The lowest BCUT2D eigenvalue weighted by Crippen LogP contribution is -2.34. The van der Waals surface area contributed by atoms with Crippen molar-refractivity contribution in [3.05, 3.63) is 52.6 Å². The number of aryl methyl sites for hydroxylation is 1. The molecule has 0 bridgehead atoms. The van der Waals surface area contributed by atoms with Gasteiger partial charge in [-0.15, -0.1) is 0 Å². The first-order valence-electron chi connectivity index (χ1n) is 7.36. The summed E-state index contributed by atoms with van der Waals surface area (Å²) in [4.78, 5) is 18.9. The number of nitrogen functional groups attached to an aromatic ring is 1. The highest BCUT2D eigenvalue weighted by molar-refractivity contribution is 5.50. The van der Waals surface area contributed by atoms with Gasteiger partial charge in [-0.2, -0.15) is 0 Å². The Morgan fingerprint density at radius 1 is 1.38 bits per heavy atom. The molecular formula is C16H20N4O. The van der Waals surface area contributed by atoms with E-state index in [9.17, 15) is 4.79 Å². The zero-order chi connectivity index (χ0) is 14.8. The van der Waals surface area contributed by atoms with Crippen molar-refractivity contribution in [1.82, 2.24) is 9.55 Å². The van der Waals surface area contributed by atoms with Gasteiger partial charge in [0.25, 0.3) is 5.56 Å². The van der Waals surface area contributed by atoms with Crippen molar-refractivity contribution in [3.8, 4) is 0 Å². The van der Waals surface area contributed by atoms with Crippen molar-refractivity contribution in [2.75, 3.05) is 10.6 Å². The normalized spacial score (nSPS) is 14.1. The second kappa shape index (κ2) is 5.60. The Balaban J connectivity index is 1.96. The summed E-state index contributed by atoms with van der Waals surface area (Å²) >= 11 is 0. The average molecular weight is 284 g/mol. The molecule has 2 aromatic rings. The molecule has 1 aromatic carbocycles. The largest absolute Gasteiger partial charge is 0.398 e. The molecule has 5 heteroatoms. The van der Waals surface area contributed by atoms with Crippen LogP contribution in [0, 0.1) is 0 Å². The van der Waals surface area contributed by atoms with E-state index < -0.39 is 0 Å². The molecule has 1 fully saturated rings. The molecule has 1 aromatic heterocycles. The van der Waals surface area contributed by atoms with Crippen molar-refractivity contribution in [2.24, 2.45) is 0 Å². The molecule has 0 unspecified atom stereocenters. The SMILES string of the molecule is CCn1ccnc(N(Cc2ccccc2N)C2CC2)c1=O. The van der Waals surface area contributed by atoms with E-state index in [1.54, 1.807) is 17.0 Å². The van der Waals surface area contributed by atoms with Crippen LogP contribution in [0.15, 0.2) is 41.5 Å². The number of para-hydroxylation sites is 1. The third-order valence-electron chi connectivity index (χ3n) is 3.89. The second-order valence-corrected chi connectivity index (χ2v) is 5.40. The molecule has 0 spiro atoms. The number of nitrogens with zero attached hydrogens (tertiary/aromatic N) is 3. The monoisotopic (exact) mass is 284 g/mol. The van der Waals surface area contributed by atoms with Gasteiger partial charge in [0.15, 0.2) is 5.82 Å². The van der Waals surface area contributed by atoms with Crippen LogP contribution in [0.25, 0.3) is 0 Å². The first-order valence-corrected chi connectivity index (χ1v) is 7.36. The Labute approximate surface area is 124 Å². The summed E-state index contributed by atoms with van der Waals surface area (Å²) in [5.74, 6) is 0.533. The summed E-state index contributed by atoms with van der Waals surface area (Å²) in [6.07, 6.45) is 5.64. The summed E-state index contributed by atoms with van der Waals surface area (Å²) in [5.41, 5.74) is 7.80. The lowest BCUT2D eigenvalue weighted by molar-refractivity contribution is 0.692. The van der Waals surface area contributed by atoms with Gasteiger partial charge in [0.2, 0.25) is 0 Å². The first kappa shape index (κ1) is 13.7. The van der Waals surface area contributed by atoms with Crippen molar-refractivity contribution in [2.45, 2.75) is 38.9 Å². The van der Waals surface area contributed by atoms with E-state index in [1.165, 1.54) is 0 Å². The van der Waals surface area contributed by atoms with Crippen LogP contribution in [-0.4, -0.2) is 15.6 Å². The lowest BCUT2D eigenvalue weighted by Gasteiger charge is -2.24. The molecule has 1 saturated carbocycles. The van der Waals surface area contributed by atoms with Crippen LogP contribution in [-0.2, 0) is 13.1 Å². The molecular weight excluding hydrogens is 264 g/mol. The van der Waals surface area contributed by atoms with Crippen LogP contribution in [0.4, 0.5) is 11.5 Å². The fourth-order valence-corrected chi connectivity index (χ4v) is 2.51. The number of benzene rings is 1. The minimum Gasteiger partial charge on any atom is -0.398 e. The molecule has 1 aliphatic rings. The fourth-order valence-electron chi connectivity index (χ4n) is 2.51. The minimum atomic E-state index is -0.0265. The standard InChI is InChI=1S/C16H20N4O/c1-2-19-10-9-18-15(16(19)21)20(13-7-8-13)11-12-5-3-4-6-14(12)17/h3-6,9-10,13H,2,7-8,11,17H2,1H3. The Kier molecular flexibility index (Phi) is 3.64. The Bertz CT molecular complexity index is 691. The van der Waals surface area contributed by atoms with Gasteiger partial charge >= 0.3 is 0 Å². The van der Waals surface area contributed by atoms with Crippen LogP contribution < -0.4 is 16.2 Å². The number of nitrogens with two attached hydrogens (primary N) is 1. The third kappa shape index (κ3) is 2.77. The zero-order valence-corrected chi connectivity index (χ0v) is 12.2. The van der Waals surface area contributed by atoms with Crippen molar-refractivity contribution < 1.29 is 0 Å². The van der Waals surface area contributed by atoms with Crippen LogP contribution in [0.5, 0.6) is 0 Å². The van der Waals surface area contributed by atoms with Gasteiger partial charge in [-0.1, -0.05) is 18.2 Å². The maximum atomic E-state index is 12.5. The maximum absolute atomic E-state index is 12.5. The summed E-state index contributed by atoms with van der Waals surface area (Å²) in [6.45, 7) is 3.25. The molecule has 3 rings (SSSR count). The highest BCUT2D eigenvalue weighted by atomic mass is 16.1. The molecule has 1 heterocycles. The smallest absolute Gasteiger partial charge is 0.293 e. The van der Waals surface area contributed by atoms with Gasteiger partial charge in [0.05, 0.1) is 0 Å². The molecule has 1 aliphatic carbocycles. The number of anilines is 2. The number of hydrogen-bond donors (Lipinski definition) is 1. The molecule has 110 valence electrons. The van der Waals surface area contributed by atoms with Crippen molar-refractivity contribution >= 4 is 11.5 Å². The molecule has 0 amide bonds. The van der Waals surface area contributed by atoms with Gasteiger partial charge < -0.3 is 15.2 Å². The van der Waals surface area contributed by atoms with Crippen LogP contribution in [0.3, 0.4) is 0 Å². The van der Waals surface area contributed by atoms with Crippen LogP contribution in [0.2, 0.25) is 0 Å². The summed E-state index contributed by atoms with van der Waals surface area (Å²) in [5, 5.41) is 0. The Morgan fingerprint density at radius 3 is 2.81 bits per heavy atom. The number of hydrogen-bond acceptors (Lipinski definition) is 4. The summed E-state index contributed by atoms with van der Waals surface area (Å²) in [6, 6.07) is 8.19. The highest BCUT2D eigenvalue weighted by Crippen LogP contribution is 2.31. The number of rotatable bonds is 5. The molecule has 2 N–H and O–H groups in total. The fraction of sp³-hybridized carbons (Fsp3) is 0.375. The van der Waals surface area contributed by atoms with E-state index in [2.05, 4.69) is 9.88 Å². The third-order valence-corrected chi connectivity index (χ3v) is 3.89. The molecule has 0 saturated heterocycles.